The summed E-state index contributed by atoms with van der Waals surface area (Å²) in [5.74, 6) is 0.673. The molecule has 0 bridgehead atoms. The van der Waals surface area contributed by atoms with Gasteiger partial charge in [0.25, 0.3) is 5.91 Å². The van der Waals surface area contributed by atoms with Crippen molar-refractivity contribution in [2.45, 2.75) is 26.8 Å². The Kier molecular flexibility index (Phi) is 7.93. The monoisotopic (exact) mass is 509 g/mol. The van der Waals surface area contributed by atoms with Gasteiger partial charge in [-0.2, -0.15) is 10.1 Å². The van der Waals surface area contributed by atoms with Gasteiger partial charge in [0.1, 0.15) is 5.70 Å². The van der Waals surface area contributed by atoms with Crippen molar-refractivity contribution < 1.29 is 4.79 Å². The highest BCUT2D eigenvalue weighted by Gasteiger charge is 2.14. The van der Waals surface area contributed by atoms with Gasteiger partial charge in [-0.1, -0.05) is 31.7 Å². The van der Waals surface area contributed by atoms with Crippen LogP contribution < -0.4 is 21.7 Å². The van der Waals surface area contributed by atoms with Crippen LogP contribution in [0.5, 0.6) is 0 Å². The molecule has 0 spiro atoms. The van der Waals surface area contributed by atoms with Crippen LogP contribution >= 0.6 is 0 Å². The van der Waals surface area contributed by atoms with Crippen molar-refractivity contribution in [3.63, 3.8) is 0 Å². The molecular formula is C28H31N9O. The summed E-state index contributed by atoms with van der Waals surface area (Å²) in [5.41, 5.74) is 12.3. The first-order valence-electron chi connectivity index (χ1n) is 12.1. The molecule has 4 rings (SSSR count). The SMILES string of the molecule is C=C/C=C(\N=C)C(=O)Nc1ccc(C)c(Nc2nn(C)c3nc(Nc4ccc(CC)c(CN)c4)ncc23)c1. The van der Waals surface area contributed by atoms with Gasteiger partial charge < -0.3 is 21.7 Å². The normalized spacial score (nSPS) is 11.3. The summed E-state index contributed by atoms with van der Waals surface area (Å²) in [4.78, 5) is 25.4. The van der Waals surface area contributed by atoms with Crippen molar-refractivity contribution in [2.75, 3.05) is 16.0 Å². The number of aromatic nitrogens is 4. The number of aliphatic imine (C=N–C) groups is 1. The van der Waals surface area contributed by atoms with E-state index < -0.39 is 0 Å². The second-order valence-electron chi connectivity index (χ2n) is 8.62. The minimum Gasteiger partial charge on any atom is -0.338 e. The van der Waals surface area contributed by atoms with Crippen molar-refractivity contribution in [1.29, 1.82) is 0 Å². The fourth-order valence-corrected chi connectivity index (χ4v) is 4.03. The number of carbonyl (C=O) groups excluding carboxylic acids is 1. The van der Waals surface area contributed by atoms with Gasteiger partial charge in [0.15, 0.2) is 11.5 Å². The maximum absolute atomic E-state index is 12.5. The third-order valence-corrected chi connectivity index (χ3v) is 6.07. The first-order chi connectivity index (χ1) is 18.4. The zero-order valence-corrected chi connectivity index (χ0v) is 21.7. The van der Waals surface area contributed by atoms with Crippen molar-refractivity contribution in [3.05, 3.63) is 83.7 Å². The quantitative estimate of drug-likeness (QED) is 0.136. The van der Waals surface area contributed by atoms with Gasteiger partial charge in [-0.15, -0.1) is 0 Å². The first kappa shape index (κ1) is 26.2. The molecule has 1 amide bonds. The molecule has 0 aliphatic rings. The summed E-state index contributed by atoms with van der Waals surface area (Å²) >= 11 is 0. The molecule has 194 valence electrons. The number of allylic oxidation sites excluding steroid dienone is 2. The Morgan fingerprint density at radius 3 is 2.66 bits per heavy atom. The molecule has 38 heavy (non-hydrogen) atoms. The van der Waals surface area contributed by atoms with Gasteiger partial charge in [0.05, 0.1) is 5.39 Å². The molecule has 0 aliphatic carbocycles. The fraction of sp³-hybridized carbons (Fsp3) is 0.179. The number of nitrogens with zero attached hydrogens (tertiary/aromatic N) is 5. The van der Waals surface area contributed by atoms with Crippen LogP contribution in [0.1, 0.15) is 23.6 Å². The number of nitrogens with two attached hydrogens (primary N) is 1. The number of hydrogen-bond acceptors (Lipinski definition) is 8. The Labute approximate surface area is 221 Å². The van der Waals surface area contributed by atoms with Crippen LogP contribution in [0.2, 0.25) is 0 Å². The van der Waals surface area contributed by atoms with E-state index in [0.717, 1.165) is 34.3 Å². The number of anilines is 5. The Balaban J connectivity index is 1.58. The van der Waals surface area contributed by atoms with E-state index in [1.165, 1.54) is 17.7 Å². The Bertz CT molecular complexity index is 1550. The molecule has 0 aliphatic heterocycles. The van der Waals surface area contributed by atoms with E-state index >= 15 is 0 Å². The highest BCUT2D eigenvalue weighted by Crippen LogP contribution is 2.29. The van der Waals surface area contributed by atoms with Crippen LogP contribution in [0.25, 0.3) is 11.0 Å². The molecule has 0 fully saturated rings. The summed E-state index contributed by atoms with van der Waals surface area (Å²) < 4.78 is 1.69. The van der Waals surface area contributed by atoms with Crippen molar-refractivity contribution in [2.24, 2.45) is 17.8 Å². The molecule has 0 radical (unpaired) electrons. The van der Waals surface area contributed by atoms with Crippen LogP contribution in [0.15, 0.2) is 72.0 Å². The Hall–Kier alpha value is -4.83. The lowest BCUT2D eigenvalue weighted by Crippen LogP contribution is -2.13. The molecule has 0 saturated carbocycles. The molecule has 2 aromatic carbocycles. The van der Waals surface area contributed by atoms with E-state index in [4.69, 9.17) is 5.73 Å². The van der Waals surface area contributed by atoms with Crippen LogP contribution in [0, 0.1) is 6.92 Å². The van der Waals surface area contributed by atoms with Crippen molar-refractivity contribution in [3.8, 4) is 0 Å². The molecule has 2 heterocycles. The van der Waals surface area contributed by atoms with Crippen LogP contribution in [-0.4, -0.2) is 32.4 Å². The van der Waals surface area contributed by atoms with Crippen LogP contribution in [-0.2, 0) is 24.8 Å². The summed E-state index contributed by atoms with van der Waals surface area (Å²) in [6, 6.07) is 11.6. The lowest BCUT2D eigenvalue weighted by molar-refractivity contribution is -0.112. The summed E-state index contributed by atoms with van der Waals surface area (Å²) in [7, 11) is 1.83. The van der Waals surface area contributed by atoms with E-state index in [1.807, 2.05) is 44.3 Å². The van der Waals surface area contributed by atoms with Crippen molar-refractivity contribution >= 4 is 52.5 Å². The number of fused-ring (bicyclic) bond motifs is 1. The number of nitrogens with one attached hydrogen (secondary N) is 3. The van der Waals surface area contributed by atoms with E-state index in [9.17, 15) is 4.79 Å². The van der Waals surface area contributed by atoms with Gasteiger partial charge in [-0.05, 0) is 67.1 Å². The van der Waals surface area contributed by atoms with Gasteiger partial charge in [-0.3, -0.25) is 9.79 Å². The third-order valence-electron chi connectivity index (χ3n) is 6.07. The zero-order valence-electron chi connectivity index (χ0n) is 21.7. The molecule has 0 saturated heterocycles. The van der Waals surface area contributed by atoms with E-state index in [-0.39, 0.29) is 11.6 Å². The maximum Gasteiger partial charge on any atom is 0.274 e. The number of carbonyl (C=O) groups is 1. The number of benzene rings is 2. The highest BCUT2D eigenvalue weighted by molar-refractivity contribution is 6.04. The highest BCUT2D eigenvalue weighted by atomic mass is 16.2. The standard InChI is InChI=1S/C28H31N9O/c1-6-8-23(30-4)27(38)32-21-11-9-17(3)24(14-21)34-25-22-16-31-28(35-26(22)37(5)36-25)33-20-12-10-18(7-2)19(13-20)15-29/h6,8-14,16H,1,4,7,15,29H2,2-3,5H3,(H,32,38)(H,34,36)(H,31,33,35)/b23-8-. The lowest BCUT2D eigenvalue weighted by atomic mass is 10.0. The largest absolute Gasteiger partial charge is 0.338 e. The number of amides is 1. The minimum atomic E-state index is -0.380. The average Bonchev–Trinajstić information content (AvgIpc) is 3.23. The second-order valence-corrected chi connectivity index (χ2v) is 8.62. The van der Waals surface area contributed by atoms with E-state index in [2.05, 4.69) is 62.3 Å². The second kappa shape index (κ2) is 11.5. The molecule has 2 aromatic heterocycles. The molecule has 0 unspecified atom stereocenters. The van der Waals surface area contributed by atoms with Gasteiger partial charge in [0, 0.05) is 36.9 Å². The fourth-order valence-electron chi connectivity index (χ4n) is 4.03. The topological polar surface area (TPSA) is 135 Å². The van der Waals surface area contributed by atoms with Crippen LogP contribution in [0.3, 0.4) is 0 Å². The van der Waals surface area contributed by atoms with E-state index in [0.29, 0.717) is 29.6 Å². The zero-order chi connectivity index (χ0) is 27.2. The van der Waals surface area contributed by atoms with Gasteiger partial charge >= 0.3 is 0 Å². The maximum atomic E-state index is 12.5. The van der Waals surface area contributed by atoms with Gasteiger partial charge in [-0.25, -0.2) is 9.67 Å². The van der Waals surface area contributed by atoms with Crippen LogP contribution in [0.4, 0.5) is 28.8 Å². The summed E-state index contributed by atoms with van der Waals surface area (Å²) in [6.45, 7) is 11.6. The summed E-state index contributed by atoms with van der Waals surface area (Å²) in [5, 5.41) is 14.8. The first-order valence-corrected chi connectivity index (χ1v) is 12.1. The Morgan fingerprint density at radius 2 is 1.95 bits per heavy atom. The van der Waals surface area contributed by atoms with Crippen molar-refractivity contribution in [1.82, 2.24) is 19.7 Å². The average molecular weight is 510 g/mol. The lowest BCUT2D eigenvalue weighted by Gasteiger charge is -2.11. The number of hydrogen-bond donors (Lipinski definition) is 4. The third kappa shape index (κ3) is 5.60. The molecule has 10 nitrogen and oxygen atoms in total. The molecule has 5 N–H and O–H groups in total. The van der Waals surface area contributed by atoms with E-state index in [1.54, 1.807) is 10.9 Å². The Morgan fingerprint density at radius 1 is 1.16 bits per heavy atom. The minimum absolute atomic E-state index is 0.174. The smallest absolute Gasteiger partial charge is 0.274 e. The predicted molar refractivity (Wildman–Crippen MR) is 154 cm³/mol. The molecule has 4 aromatic rings. The predicted octanol–water partition coefficient (Wildman–Crippen LogP) is 4.89. The van der Waals surface area contributed by atoms with Gasteiger partial charge in [0.2, 0.25) is 5.95 Å². The molecular weight excluding hydrogens is 478 g/mol. The molecule has 0 atom stereocenters. The summed E-state index contributed by atoms with van der Waals surface area (Å²) in [6.07, 6.45) is 5.64. The molecule has 10 heteroatoms. The number of aryl methyl sites for hydroxylation is 3. The number of rotatable bonds is 10.